The minimum absolute atomic E-state index is 0.244. The fourth-order valence-corrected chi connectivity index (χ4v) is 2.15. The normalized spacial score (nSPS) is 12.5. The third-order valence-electron chi connectivity index (χ3n) is 3.22. The molecule has 0 spiro atoms. The fourth-order valence-electron chi connectivity index (χ4n) is 2.15. The maximum Gasteiger partial charge on any atom is 0.126 e. The van der Waals surface area contributed by atoms with Gasteiger partial charge in [0.2, 0.25) is 0 Å². The van der Waals surface area contributed by atoms with E-state index in [4.69, 9.17) is 0 Å². The standard InChI is InChI=1S/C16H17FO/c1-10-4-6-14(11(2)8-10)16(18)13-5-7-15(17)12(3)9-13/h4-9,16,18H,1-3H3. The molecule has 0 saturated carbocycles. The molecule has 2 aromatic carbocycles. The fraction of sp³-hybridized carbons (Fsp3) is 0.250. The lowest BCUT2D eigenvalue weighted by atomic mass is 9.95. The number of aliphatic hydroxyl groups is 1. The van der Waals surface area contributed by atoms with E-state index in [9.17, 15) is 9.50 Å². The van der Waals surface area contributed by atoms with Crippen LogP contribution in [0.2, 0.25) is 0 Å². The molecule has 1 atom stereocenters. The smallest absolute Gasteiger partial charge is 0.126 e. The van der Waals surface area contributed by atoms with Crippen LogP contribution in [0.25, 0.3) is 0 Å². The second-order valence-electron chi connectivity index (χ2n) is 4.77. The third kappa shape index (κ3) is 2.44. The predicted molar refractivity (Wildman–Crippen MR) is 71.1 cm³/mol. The third-order valence-corrected chi connectivity index (χ3v) is 3.22. The number of benzene rings is 2. The van der Waals surface area contributed by atoms with Crippen LogP contribution in [0, 0.1) is 26.6 Å². The minimum Gasteiger partial charge on any atom is -0.384 e. The lowest BCUT2D eigenvalue weighted by Gasteiger charge is -2.15. The lowest BCUT2D eigenvalue weighted by molar-refractivity contribution is 0.219. The summed E-state index contributed by atoms with van der Waals surface area (Å²) in [5, 5.41) is 10.4. The quantitative estimate of drug-likeness (QED) is 0.851. The van der Waals surface area contributed by atoms with E-state index in [1.54, 1.807) is 19.1 Å². The van der Waals surface area contributed by atoms with Gasteiger partial charge in [-0.25, -0.2) is 4.39 Å². The average Bonchev–Trinajstić information content (AvgIpc) is 2.32. The van der Waals surface area contributed by atoms with Crippen LogP contribution in [0.1, 0.15) is 33.9 Å². The number of hydrogen-bond acceptors (Lipinski definition) is 1. The van der Waals surface area contributed by atoms with Gasteiger partial charge in [-0.15, -0.1) is 0 Å². The van der Waals surface area contributed by atoms with Crippen LogP contribution in [-0.4, -0.2) is 5.11 Å². The molecule has 1 unspecified atom stereocenters. The van der Waals surface area contributed by atoms with Gasteiger partial charge in [0.15, 0.2) is 0 Å². The maximum atomic E-state index is 13.2. The molecule has 2 rings (SSSR count). The van der Waals surface area contributed by atoms with E-state index in [1.165, 1.54) is 11.6 Å². The highest BCUT2D eigenvalue weighted by Gasteiger charge is 2.13. The summed E-state index contributed by atoms with van der Waals surface area (Å²) in [5.74, 6) is -0.244. The van der Waals surface area contributed by atoms with Crippen molar-refractivity contribution in [2.24, 2.45) is 0 Å². The first-order valence-corrected chi connectivity index (χ1v) is 6.00. The monoisotopic (exact) mass is 244 g/mol. The molecule has 2 aromatic rings. The molecule has 1 nitrogen and oxygen atoms in total. The maximum absolute atomic E-state index is 13.2. The molecule has 0 radical (unpaired) electrons. The van der Waals surface area contributed by atoms with Crippen molar-refractivity contribution < 1.29 is 9.50 Å². The van der Waals surface area contributed by atoms with E-state index in [0.717, 1.165) is 16.7 Å². The first kappa shape index (κ1) is 12.8. The van der Waals surface area contributed by atoms with Crippen LogP contribution >= 0.6 is 0 Å². The second-order valence-corrected chi connectivity index (χ2v) is 4.77. The number of aryl methyl sites for hydroxylation is 3. The molecule has 18 heavy (non-hydrogen) atoms. The van der Waals surface area contributed by atoms with Crippen molar-refractivity contribution in [1.82, 2.24) is 0 Å². The molecule has 94 valence electrons. The summed E-state index contributed by atoms with van der Waals surface area (Å²) in [6.45, 7) is 5.70. The van der Waals surface area contributed by atoms with Gasteiger partial charge in [0.25, 0.3) is 0 Å². The molecule has 0 amide bonds. The summed E-state index contributed by atoms with van der Waals surface area (Å²) in [6.07, 6.45) is -0.704. The molecule has 0 fully saturated rings. The second kappa shape index (κ2) is 4.91. The first-order valence-electron chi connectivity index (χ1n) is 6.00. The summed E-state index contributed by atoms with van der Waals surface area (Å²) in [7, 11) is 0. The van der Waals surface area contributed by atoms with E-state index < -0.39 is 6.10 Å². The van der Waals surface area contributed by atoms with Gasteiger partial charge in [0.05, 0.1) is 0 Å². The highest BCUT2D eigenvalue weighted by atomic mass is 19.1. The summed E-state index contributed by atoms with van der Waals surface area (Å²) >= 11 is 0. The molecule has 0 aliphatic carbocycles. The predicted octanol–water partition coefficient (Wildman–Crippen LogP) is 3.83. The van der Waals surface area contributed by atoms with Crippen molar-refractivity contribution in [2.45, 2.75) is 26.9 Å². The Morgan fingerprint density at radius 1 is 0.944 bits per heavy atom. The van der Waals surface area contributed by atoms with Gasteiger partial charge in [-0.1, -0.05) is 35.9 Å². The Balaban J connectivity index is 2.41. The Kier molecular flexibility index (Phi) is 3.48. The van der Waals surface area contributed by atoms with E-state index in [2.05, 4.69) is 0 Å². The summed E-state index contributed by atoms with van der Waals surface area (Å²) in [5.41, 5.74) is 4.35. The van der Waals surface area contributed by atoms with Crippen LogP contribution in [-0.2, 0) is 0 Å². The van der Waals surface area contributed by atoms with Gasteiger partial charge in [-0.2, -0.15) is 0 Å². The minimum atomic E-state index is -0.704. The van der Waals surface area contributed by atoms with Crippen LogP contribution in [0.15, 0.2) is 36.4 Å². The number of halogens is 1. The van der Waals surface area contributed by atoms with E-state index in [1.807, 2.05) is 32.0 Å². The van der Waals surface area contributed by atoms with Gasteiger partial charge >= 0.3 is 0 Å². The van der Waals surface area contributed by atoms with Crippen LogP contribution in [0.4, 0.5) is 4.39 Å². The zero-order valence-corrected chi connectivity index (χ0v) is 10.9. The Labute approximate surface area is 107 Å². The zero-order valence-electron chi connectivity index (χ0n) is 10.9. The van der Waals surface area contributed by atoms with Gasteiger partial charge in [0, 0.05) is 0 Å². The molecule has 1 N–H and O–H groups in total. The molecule has 0 aliphatic rings. The summed E-state index contributed by atoms with van der Waals surface area (Å²) in [6, 6.07) is 10.7. The molecule has 2 heteroatoms. The van der Waals surface area contributed by atoms with Gasteiger partial charge in [-0.05, 0) is 49.1 Å². The summed E-state index contributed by atoms with van der Waals surface area (Å²) in [4.78, 5) is 0. The molecule has 0 aromatic heterocycles. The highest BCUT2D eigenvalue weighted by Crippen LogP contribution is 2.26. The Hall–Kier alpha value is -1.67. The van der Waals surface area contributed by atoms with Crippen molar-refractivity contribution in [1.29, 1.82) is 0 Å². The molecule has 0 heterocycles. The average molecular weight is 244 g/mol. The van der Waals surface area contributed by atoms with Crippen LogP contribution < -0.4 is 0 Å². The van der Waals surface area contributed by atoms with E-state index in [-0.39, 0.29) is 5.82 Å². The lowest BCUT2D eigenvalue weighted by Crippen LogP contribution is -2.03. The number of hydrogen-bond donors (Lipinski definition) is 1. The summed E-state index contributed by atoms with van der Waals surface area (Å²) < 4.78 is 13.2. The van der Waals surface area contributed by atoms with Crippen molar-refractivity contribution in [3.05, 3.63) is 70.0 Å². The van der Waals surface area contributed by atoms with Gasteiger partial charge < -0.3 is 5.11 Å². The molecule has 0 aliphatic heterocycles. The highest BCUT2D eigenvalue weighted by molar-refractivity contribution is 5.38. The van der Waals surface area contributed by atoms with Crippen LogP contribution in [0.5, 0.6) is 0 Å². The van der Waals surface area contributed by atoms with Crippen LogP contribution in [0.3, 0.4) is 0 Å². The Morgan fingerprint density at radius 2 is 1.67 bits per heavy atom. The van der Waals surface area contributed by atoms with Crippen molar-refractivity contribution in [3.63, 3.8) is 0 Å². The van der Waals surface area contributed by atoms with E-state index in [0.29, 0.717) is 5.56 Å². The topological polar surface area (TPSA) is 20.2 Å². The Bertz CT molecular complexity index is 575. The van der Waals surface area contributed by atoms with E-state index >= 15 is 0 Å². The zero-order chi connectivity index (χ0) is 13.3. The SMILES string of the molecule is Cc1ccc(C(O)c2ccc(F)c(C)c2)c(C)c1. The molecule has 0 bridgehead atoms. The Morgan fingerprint density at radius 3 is 2.28 bits per heavy atom. The molecular formula is C16H17FO. The van der Waals surface area contributed by atoms with Crippen molar-refractivity contribution in [2.75, 3.05) is 0 Å². The first-order chi connectivity index (χ1) is 8.49. The van der Waals surface area contributed by atoms with Crippen molar-refractivity contribution in [3.8, 4) is 0 Å². The largest absolute Gasteiger partial charge is 0.384 e. The molecular weight excluding hydrogens is 227 g/mol. The number of aliphatic hydroxyl groups excluding tert-OH is 1. The van der Waals surface area contributed by atoms with Gasteiger partial charge in [0.1, 0.15) is 11.9 Å². The number of rotatable bonds is 2. The van der Waals surface area contributed by atoms with Gasteiger partial charge in [-0.3, -0.25) is 0 Å². The molecule has 0 saturated heterocycles. The van der Waals surface area contributed by atoms with Crippen molar-refractivity contribution >= 4 is 0 Å².